The first-order chi connectivity index (χ1) is 17.1. The number of anilines is 2. The molecule has 1 aromatic heterocycles. The molecule has 6 nitrogen and oxygen atoms in total. The van der Waals surface area contributed by atoms with Crippen LogP contribution in [-0.4, -0.2) is 38.3 Å². The molecule has 1 heterocycles. The fraction of sp³-hybridized carbons (Fsp3) is 0.185. The molecule has 0 aliphatic rings. The Morgan fingerprint density at radius 2 is 1.71 bits per heavy atom. The molecule has 0 aliphatic carbocycles. The van der Waals surface area contributed by atoms with Gasteiger partial charge < -0.3 is 19.7 Å². The summed E-state index contributed by atoms with van der Waals surface area (Å²) in [6, 6.07) is 21.6. The van der Waals surface area contributed by atoms with Gasteiger partial charge in [0.25, 0.3) is 5.91 Å². The van der Waals surface area contributed by atoms with E-state index in [0.29, 0.717) is 25.3 Å². The SMILES string of the molecule is COCCNC(=O)c1ccc(CN(c2ccc(OC)cc2)c2nc(-c3ccc(F)cc3)cs2)cc1. The summed E-state index contributed by atoms with van der Waals surface area (Å²) in [4.78, 5) is 19.2. The van der Waals surface area contributed by atoms with Crippen molar-refractivity contribution in [3.8, 4) is 17.0 Å². The number of benzene rings is 3. The summed E-state index contributed by atoms with van der Waals surface area (Å²) in [6.07, 6.45) is 0. The quantitative estimate of drug-likeness (QED) is 0.290. The molecule has 0 aliphatic heterocycles. The average Bonchev–Trinajstić information content (AvgIpc) is 3.38. The van der Waals surface area contributed by atoms with Crippen LogP contribution in [0.1, 0.15) is 15.9 Å². The van der Waals surface area contributed by atoms with Crippen LogP contribution in [0, 0.1) is 5.82 Å². The Bertz CT molecular complexity index is 1240. The number of amides is 1. The van der Waals surface area contributed by atoms with Crippen molar-refractivity contribution in [3.05, 3.63) is 95.1 Å². The monoisotopic (exact) mass is 491 g/mol. The summed E-state index contributed by atoms with van der Waals surface area (Å²) in [5.74, 6) is 0.355. The predicted molar refractivity (Wildman–Crippen MR) is 137 cm³/mol. The summed E-state index contributed by atoms with van der Waals surface area (Å²) in [6.45, 7) is 1.48. The number of nitrogens with zero attached hydrogens (tertiary/aromatic N) is 2. The minimum Gasteiger partial charge on any atom is -0.497 e. The van der Waals surface area contributed by atoms with Crippen molar-refractivity contribution in [1.82, 2.24) is 10.3 Å². The van der Waals surface area contributed by atoms with Crippen molar-refractivity contribution in [2.24, 2.45) is 0 Å². The Morgan fingerprint density at radius 1 is 1.00 bits per heavy atom. The van der Waals surface area contributed by atoms with E-state index < -0.39 is 0 Å². The van der Waals surface area contributed by atoms with Gasteiger partial charge in [-0.05, 0) is 66.2 Å². The topological polar surface area (TPSA) is 63.7 Å². The molecule has 0 atom stereocenters. The van der Waals surface area contributed by atoms with Crippen molar-refractivity contribution in [3.63, 3.8) is 0 Å². The van der Waals surface area contributed by atoms with Gasteiger partial charge in [-0.1, -0.05) is 12.1 Å². The number of thiazole rings is 1. The number of carbonyl (C=O) groups excluding carboxylic acids is 1. The highest BCUT2D eigenvalue weighted by Gasteiger charge is 2.16. The van der Waals surface area contributed by atoms with Gasteiger partial charge in [-0.3, -0.25) is 4.79 Å². The highest BCUT2D eigenvalue weighted by atomic mass is 32.1. The summed E-state index contributed by atoms with van der Waals surface area (Å²) < 4.78 is 23.6. The van der Waals surface area contributed by atoms with Gasteiger partial charge in [0, 0.05) is 35.8 Å². The maximum Gasteiger partial charge on any atom is 0.251 e. The van der Waals surface area contributed by atoms with Crippen LogP contribution in [0.5, 0.6) is 5.75 Å². The third-order valence-corrected chi connectivity index (χ3v) is 6.26. The van der Waals surface area contributed by atoms with Gasteiger partial charge in [0.15, 0.2) is 5.13 Å². The number of ether oxygens (including phenoxy) is 2. The molecule has 0 spiro atoms. The van der Waals surface area contributed by atoms with Crippen molar-refractivity contribution in [2.75, 3.05) is 32.3 Å². The Morgan fingerprint density at radius 3 is 2.37 bits per heavy atom. The first-order valence-electron chi connectivity index (χ1n) is 11.1. The van der Waals surface area contributed by atoms with Crippen LogP contribution in [0.2, 0.25) is 0 Å². The van der Waals surface area contributed by atoms with Crippen LogP contribution in [0.25, 0.3) is 11.3 Å². The highest BCUT2D eigenvalue weighted by Crippen LogP contribution is 2.34. The van der Waals surface area contributed by atoms with Gasteiger partial charge in [0.1, 0.15) is 11.6 Å². The Balaban J connectivity index is 1.58. The fourth-order valence-electron chi connectivity index (χ4n) is 3.49. The molecule has 1 amide bonds. The van der Waals surface area contributed by atoms with Crippen LogP contribution in [0.15, 0.2) is 78.2 Å². The Labute approximate surface area is 208 Å². The van der Waals surface area contributed by atoms with Crippen molar-refractivity contribution < 1.29 is 18.7 Å². The molecular weight excluding hydrogens is 465 g/mol. The number of carbonyl (C=O) groups is 1. The number of methoxy groups -OCH3 is 2. The normalized spacial score (nSPS) is 10.7. The lowest BCUT2D eigenvalue weighted by molar-refractivity contribution is 0.0937. The number of hydrogen-bond acceptors (Lipinski definition) is 6. The first-order valence-corrected chi connectivity index (χ1v) is 11.9. The van der Waals surface area contributed by atoms with Crippen LogP contribution >= 0.6 is 11.3 Å². The molecule has 0 fully saturated rings. The van der Waals surface area contributed by atoms with E-state index in [1.807, 2.05) is 53.9 Å². The van der Waals surface area contributed by atoms with Gasteiger partial charge in [0.2, 0.25) is 0 Å². The second-order valence-corrected chi connectivity index (χ2v) is 8.59. The van der Waals surface area contributed by atoms with Crippen molar-refractivity contribution in [2.45, 2.75) is 6.54 Å². The van der Waals surface area contributed by atoms with Crippen LogP contribution in [0.4, 0.5) is 15.2 Å². The standard InChI is InChI=1S/C27H26FN3O3S/c1-33-16-15-29-26(32)21-5-3-19(4-6-21)17-31(23-11-13-24(34-2)14-12-23)27-30-25(18-35-27)20-7-9-22(28)10-8-20/h3-14,18H,15-17H2,1-2H3,(H,29,32). The fourth-order valence-corrected chi connectivity index (χ4v) is 4.34. The summed E-state index contributed by atoms with van der Waals surface area (Å²) >= 11 is 1.51. The Kier molecular flexibility index (Phi) is 8.07. The molecule has 0 bridgehead atoms. The third-order valence-electron chi connectivity index (χ3n) is 5.40. The van der Waals surface area contributed by atoms with E-state index in [9.17, 15) is 9.18 Å². The summed E-state index contributed by atoms with van der Waals surface area (Å²) in [5, 5.41) is 5.59. The molecule has 8 heteroatoms. The molecule has 0 saturated heterocycles. The summed E-state index contributed by atoms with van der Waals surface area (Å²) in [7, 11) is 3.23. The minimum atomic E-state index is -0.278. The molecular formula is C27H26FN3O3S. The van der Waals surface area contributed by atoms with Gasteiger partial charge >= 0.3 is 0 Å². The van der Waals surface area contributed by atoms with E-state index >= 15 is 0 Å². The van der Waals surface area contributed by atoms with E-state index in [4.69, 9.17) is 14.5 Å². The summed E-state index contributed by atoms with van der Waals surface area (Å²) in [5.41, 5.74) is 4.20. The third kappa shape index (κ3) is 6.23. The van der Waals surface area contributed by atoms with E-state index in [2.05, 4.69) is 10.2 Å². The number of halogens is 1. The lowest BCUT2D eigenvalue weighted by Crippen LogP contribution is -2.26. The van der Waals surface area contributed by atoms with Crippen molar-refractivity contribution >= 4 is 28.1 Å². The maximum absolute atomic E-state index is 13.4. The number of hydrogen-bond donors (Lipinski definition) is 1. The van der Waals surface area contributed by atoms with E-state index in [1.165, 1.54) is 23.5 Å². The van der Waals surface area contributed by atoms with Gasteiger partial charge in [-0.2, -0.15) is 0 Å². The zero-order valence-corrected chi connectivity index (χ0v) is 20.3. The molecule has 0 unspecified atom stereocenters. The second kappa shape index (κ2) is 11.6. The minimum absolute atomic E-state index is 0.135. The Hall–Kier alpha value is -3.75. The molecule has 180 valence electrons. The zero-order valence-electron chi connectivity index (χ0n) is 19.5. The lowest BCUT2D eigenvalue weighted by Gasteiger charge is -2.22. The molecule has 4 aromatic rings. The first kappa shape index (κ1) is 24.4. The second-order valence-electron chi connectivity index (χ2n) is 7.75. The van der Waals surface area contributed by atoms with Gasteiger partial charge in [-0.25, -0.2) is 9.37 Å². The molecule has 3 aromatic carbocycles. The maximum atomic E-state index is 13.4. The van der Waals surface area contributed by atoms with Crippen LogP contribution in [0.3, 0.4) is 0 Å². The lowest BCUT2D eigenvalue weighted by atomic mass is 10.1. The van der Waals surface area contributed by atoms with Crippen LogP contribution in [-0.2, 0) is 11.3 Å². The number of rotatable bonds is 10. The molecule has 0 saturated carbocycles. The number of aromatic nitrogens is 1. The van der Waals surface area contributed by atoms with Gasteiger partial charge in [0.05, 0.1) is 26.0 Å². The van der Waals surface area contributed by atoms with Crippen LogP contribution < -0.4 is 15.0 Å². The smallest absolute Gasteiger partial charge is 0.251 e. The molecule has 4 rings (SSSR count). The predicted octanol–water partition coefficient (Wildman–Crippen LogP) is 5.67. The average molecular weight is 492 g/mol. The molecule has 35 heavy (non-hydrogen) atoms. The zero-order chi connectivity index (χ0) is 24.6. The van der Waals surface area contributed by atoms with Crippen molar-refractivity contribution in [1.29, 1.82) is 0 Å². The van der Waals surface area contributed by atoms with E-state index in [-0.39, 0.29) is 11.7 Å². The van der Waals surface area contributed by atoms with E-state index in [1.54, 1.807) is 26.4 Å². The molecule has 0 radical (unpaired) electrons. The highest BCUT2D eigenvalue weighted by molar-refractivity contribution is 7.14. The van der Waals surface area contributed by atoms with Gasteiger partial charge in [-0.15, -0.1) is 11.3 Å². The van der Waals surface area contributed by atoms with E-state index in [0.717, 1.165) is 33.4 Å². The molecule has 1 N–H and O–H groups in total. The largest absolute Gasteiger partial charge is 0.497 e. The number of nitrogens with one attached hydrogen (secondary N) is 1.